The van der Waals surface area contributed by atoms with Crippen LogP contribution < -0.4 is 5.32 Å². The molecule has 1 atom stereocenters. The summed E-state index contributed by atoms with van der Waals surface area (Å²) in [4.78, 5) is 0. The molecule has 0 spiro atoms. The normalized spacial score (nSPS) is 12.6. The van der Waals surface area contributed by atoms with Gasteiger partial charge in [-0.05, 0) is 44.0 Å². The van der Waals surface area contributed by atoms with Crippen LogP contribution in [0, 0.1) is 5.92 Å². The zero-order chi connectivity index (χ0) is 14.6. The van der Waals surface area contributed by atoms with Crippen LogP contribution in [-0.2, 0) is 6.42 Å². The van der Waals surface area contributed by atoms with Crippen molar-refractivity contribution in [1.82, 2.24) is 5.32 Å². The highest BCUT2D eigenvalue weighted by atomic mass is 79.9. The summed E-state index contributed by atoms with van der Waals surface area (Å²) in [7, 11) is 2.06. The molecule has 0 heterocycles. The van der Waals surface area contributed by atoms with Crippen LogP contribution in [0.2, 0.25) is 0 Å². The average Bonchev–Trinajstić information content (AvgIpc) is 2.45. The molecule has 0 aromatic heterocycles. The van der Waals surface area contributed by atoms with E-state index in [4.69, 9.17) is 0 Å². The monoisotopic (exact) mass is 339 g/mol. The molecule has 1 unspecified atom stereocenters. The Morgan fingerprint density at radius 2 is 1.75 bits per heavy atom. The number of hydrogen-bond acceptors (Lipinski definition) is 1. The molecule has 1 aromatic carbocycles. The third-order valence-electron chi connectivity index (χ3n) is 3.93. The Morgan fingerprint density at radius 1 is 1.05 bits per heavy atom. The van der Waals surface area contributed by atoms with Crippen molar-refractivity contribution in [3.8, 4) is 0 Å². The molecule has 20 heavy (non-hydrogen) atoms. The molecule has 1 rings (SSSR count). The molecule has 0 fully saturated rings. The fourth-order valence-corrected chi connectivity index (χ4v) is 3.20. The van der Waals surface area contributed by atoms with Crippen molar-refractivity contribution in [2.45, 2.75) is 58.3 Å². The fraction of sp³-hybridized carbons (Fsp3) is 0.667. The third-order valence-corrected chi connectivity index (χ3v) is 4.70. The maximum Gasteiger partial charge on any atom is 0.0207 e. The maximum absolute atomic E-state index is 3.67. The number of benzene rings is 1. The Kier molecular flexibility index (Phi) is 10.0. The van der Waals surface area contributed by atoms with Crippen molar-refractivity contribution < 1.29 is 0 Å². The fourth-order valence-electron chi connectivity index (χ4n) is 2.75. The molecule has 0 aliphatic heterocycles. The van der Waals surface area contributed by atoms with Crippen molar-refractivity contribution in [2.75, 3.05) is 13.6 Å². The zero-order valence-corrected chi connectivity index (χ0v) is 14.7. The second-order valence-electron chi connectivity index (χ2n) is 5.78. The second kappa shape index (κ2) is 11.3. The summed E-state index contributed by atoms with van der Waals surface area (Å²) in [5.41, 5.74) is 1.44. The molecular weight excluding hydrogens is 310 g/mol. The van der Waals surface area contributed by atoms with Gasteiger partial charge in [-0.2, -0.15) is 0 Å². The highest BCUT2D eigenvalue weighted by molar-refractivity contribution is 9.10. The predicted molar refractivity (Wildman–Crippen MR) is 93.3 cm³/mol. The quantitative estimate of drug-likeness (QED) is 0.519. The molecule has 0 bridgehead atoms. The average molecular weight is 340 g/mol. The Bertz CT molecular complexity index is 351. The first-order chi connectivity index (χ1) is 9.77. The maximum atomic E-state index is 3.67. The standard InChI is InChI=1S/C18H30BrN/c1-3-4-5-6-7-8-11-16(15-20-2)14-17-12-9-10-13-18(17)19/h9-10,12-13,16,20H,3-8,11,14-15H2,1-2H3. The van der Waals surface area contributed by atoms with Crippen molar-refractivity contribution in [2.24, 2.45) is 5.92 Å². The molecule has 0 radical (unpaired) electrons. The number of rotatable bonds is 11. The van der Waals surface area contributed by atoms with E-state index in [-0.39, 0.29) is 0 Å². The van der Waals surface area contributed by atoms with E-state index in [0.29, 0.717) is 0 Å². The number of unbranched alkanes of at least 4 members (excludes halogenated alkanes) is 5. The Balaban J connectivity index is 2.31. The molecule has 0 amide bonds. The van der Waals surface area contributed by atoms with Crippen LogP contribution in [0.4, 0.5) is 0 Å². The van der Waals surface area contributed by atoms with E-state index < -0.39 is 0 Å². The van der Waals surface area contributed by atoms with Crippen LogP contribution in [0.25, 0.3) is 0 Å². The Hall–Kier alpha value is -0.340. The highest BCUT2D eigenvalue weighted by Gasteiger charge is 2.10. The van der Waals surface area contributed by atoms with Gasteiger partial charge in [0.1, 0.15) is 0 Å². The van der Waals surface area contributed by atoms with E-state index in [1.54, 1.807) is 0 Å². The SMILES string of the molecule is CCCCCCCCC(CNC)Cc1ccccc1Br. The molecular formula is C18H30BrN. The Labute approximate surface area is 133 Å². The second-order valence-corrected chi connectivity index (χ2v) is 6.63. The van der Waals surface area contributed by atoms with Gasteiger partial charge in [-0.15, -0.1) is 0 Å². The summed E-state index contributed by atoms with van der Waals surface area (Å²) in [5.74, 6) is 0.755. The van der Waals surface area contributed by atoms with Crippen LogP contribution in [0.1, 0.15) is 57.4 Å². The largest absolute Gasteiger partial charge is 0.319 e. The van der Waals surface area contributed by atoms with Gasteiger partial charge in [0.05, 0.1) is 0 Å². The molecule has 2 heteroatoms. The summed E-state index contributed by atoms with van der Waals surface area (Å²) >= 11 is 3.67. The van der Waals surface area contributed by atoms with Gasteiger partial charge < -0.3 is 5.32 Å². The van der Waals surface area contributed by atoms with Gasteiger partial charge in [0.2, 0.25) is 0 Å². The summed E-state index contributed by atoms with van der Waals surface area (Å²) in [6, 6.07) is 8.63. The van der Waals surface area contributed by atoms with E-state index in [9.17, 15) is 0 Å². The predicted octanol–water partition coefficient (Wildman–Crippen LogP) is 5.58. The van der Waals surface area contributed by atoms with Gasteiger partial charge in [-0.1, -0.05) is 79.6 Å². The molecule has 1 nitrogen and oxygen atoms in total. The first-order valence-corrected chi connectivity index (χ1v) is 8.95. The van der Waals surface area contributed by atoms with Gasteiger partial charge in [0, 0.05) is 4.47 Å². The van der Waals surface area contributed by atoms with Crippen molar-refractivity contribution in [3.05, 3.63) is 34.3 Å². The molecule has 1 N–H and O–H groups in total. The minimum atomic E-state index is 0.755. The van der Waals surface area contributed by atoms with Crippen LogP contribution >= 0.6 is 15.9 Å². The zero-order valence-electron chi connectivity index (χ0n) is 13.1. The lowest BCUT2D eigenvalue weighted by molar-refractivity contribution is 0.432. The van der Waals surface area contributed by atoms with E-state index in [2.05, 4.69) is 59.5 Å². The summed E-state index contributed by atoms with van der Waals surface area (Å²) in [6.45, 7) is 3.40. The number of halogens is 1. The van der Waals surface area contributed by atoms with Crippen LogP contribution in [0.3, 0.4) is 0 Å². The van der Waals surface area contributed by atoms with Gasteiger partial charge in [-0.3, -0.25) is 0 Å². The molecule has 0 saturated heterocycles. The van der Waals surface area contributed by atoms with Crippen LogP contribution in [0.5, 0.6) is 0 Å². The number of hydrogen-bond donors (Lipinski definition) is 1. The van der Waals surface area contributed by atoms with Crippen LogP contribution in [0.15, 0.2) is 28.7 Å². The Morgan fingerprint density at radius 3 is 2.45 bits per heavy atom. The minimum absolute atomic E-state index is 0.755. The summed E-state index contributed by atoms with van der Waals surface area (Å²) in [6.07, 6.45) is 10.9. The highest BCUT2D eigenvalue weighted by Crippen LogP contribution is 2.22. The minimum Gasteiger partial charge on any atom is -0.319 e. The number of nitrogens with one attached hydrogen (secondary N) is 1. The van der Waals surface area contributed by atoms with E-state index in [1.807, 2.05) is 0 Å². The summed E-state index contributed by atoms with van der Waals surface area (Å²) in [5, 5.41) is 3.35. The van der Waals surface area contributed by atoms with Gasteiger partial charge in [0.25, 0.3) is 0 Å². The van der Waals surface area contributed by atoms with Gasteiger partial charge in [0.15, 0.2) is 0 Å². The van der Waals surface area contributed by atoms with Crippen molar-refractivity contribution in [1.29, 1.82) is 0 Å². The lowest BCUT2D eigenvalue weighted by Crippen LogP contribution is -2.21. The van der Waals surface area contributed by atoms with E-state index in [1.165, 1.54) is 61.4 Å². The van der Waals surface area contributed by atoms with Crippen molar-refractivity contribution >= 4 is 15.9 Å². The molecule has 0 aliphatic carbocycles. The molecule has 114 valence electrons. The molecule has 0 saturated carbocycles. The summed E-state index contributed by atoms with van der Waals surface area (Å²) < 4.78 is 1.25. The molecule has 0 aliphatic rings. The van der Waals surface area contributed by atoms with E-state index >= 15 is 0 Å². The van der Waals surface area contributed by atoms with Crippen LogP contribution in [-0.4, -0.2) is 13.6 Å². The van der Waals surface area contributed by atoms with Gasteiger partial charge in [-0.25, -0.2) is 0 Å². The smallest absolute Gasteiger partial charge is 0.0207 e. The first-order valence-electron chi connectivity index (χ1n) is 8.16. The van der Waals surface area contributed by atoms with Gasteiger partial charge >= 0.3 is 0 Å². The lowest BCUT2D eigenvalue weighted by Gasteiger charge is -2.17. The van der Waals surface area contributed by atoms with Crippen molar-refractivity contribution in [3.63, 3.8) is 0 Å². The lowest BCUT2D eigenvalue weighted by atomic mass is 9.93. The third kappa shape index (κ3) is 7.44. The molecule has 1 aromatic rings. The topological polar surface area (TPSA) is 12.0 Å². The first kappa shape index (κ1) is 17.7. The van der Waals surface area contributed by atoms with E-state index in [0.717, 1.165) is 12.5 Å².